The number of esters is 1. The van der Waals surface area contributed by atoms with Crippen molar-refractivity contribution in [2.45, 2.75) is 32.5 Å². The van der Waals surface area contributed by atoms with Gasteiger partial charge in [0.05, 0.1) is 5.56 Å². The van der Waals surface area contributed by atoms with Crippen LogP contribution in [0, 0.1) is 0 Å². The number of carbonyl (C=O) groups is 2. The van der Waals surface area contributed by atoms with E-state index in [1.165, 1.54) is 24.3 Å². The van der Waals surface area contributed by atoms with Crippen LogP contribution in [0.1, 0.15) is 36.7 Å². The van der Waals surface area contributed by atoms with E-state index in [4.69, 9.17) is 4.74 Å². The van der Waals surface area contributed by atoms with Crippen molar-refractivity contribution in [1.82, 2.24) is 5.32 Å². The molecule has 1 N–H and O–H groups in total. The van der Waals surface area contributed by atoms with Gasteiger partial charge in [0.15, 0.2) is 0 Å². The second-order valence-electron chi connectivity index (χ2n) is 6.92. The zero-order valence-electron chi connectivity index (χ0n) is 15.2. The molecule has 0 heterocycles. The largest absolute Gasteiger partial charge is 0.459 e. The fourth-order valence-electron chi connectivity index (χ4n) is 2.30. The maximum Gasteiger partial charge on any atom is 0.416 e. The second kappa shape index (κ2) is 7.82. The third kappa shape index (κ3) is 6.13. The summed E-state index contributed by atoms with van der Waals surface area (Å²) in [5.74, 6) is -0.989. The number of halogens is 3. The summed E-state index contributed by atoms with van der Waals surface area (Å²) in [5.41, 5.74) is 0.250. The first-order valence-electron chi connectivity index (χ1n) is 8.23. The molecule has 0 bridgehead atoms. The highest BCUT2D eigenvalue weighted by molar-refractivity contribution is 5.96. The van der Waals surface area contributed by atoms with E-state index >= 15 is 0 Å². The highest BCUT2D eigenvalue weighted by Gasteiger charge is 2.29. The molecule has 2 aromatic rings. The lowest BCUT2D eigenvalue weighted by Crippen LogP contribution is -2.34. The molecule has 0 unspecified atom stereocenters. The summed E-state index contributed by atoms with van der Waals surface area (Å²) < 4.78 is 42.9. The van der Waals surface area contributed by atoms with E-state index < -0.39 is 29.2 Å². The van der Waals surface area contributed by atoms with Crippen LogP contribution in [0.5, 0.6) is 0 Å². The molecule has 0 saturated heterocycles. The van der Waals surface area contributed by atoms with Crippen molar-refractivity contribution < 1.29 is 27.5 Å². The van der Waals surface area contributed by atoms with Crippen LogP contribution in [-0.4, -0.2) is 24.0 Å². The number of rotatable bonds is 4. The molecule has 4 nitrogen and oxygen atoms in total. The topological polar surface area (TPSA) is 55.4 Å². The second-order valence-corrected chi connectivity index (χ2v) is 6.92. The first-order valence-corrected chi connectivity index (χ1v) is 8.23. The molecule has 144 valence electrons. The molecular weight excluding hydrogens is 359 g/mol. The van der Waals surface area contributed by atoms with Gasteiger partial charge in [-0.05, 0) is 56.2 Å². The van der Waals surface area contributed by atoms with Gasteiger partial charge in [-0.25, -0.2) is 0 Å². The maximum atomic E-state index is 12.6. The van der Waals surface area contributed by atoms with Crippen molar-refractivity contribution in [2.75, 3.05) is 6.54 Å². The lowest BCUT2D eigenvalue weighted by molar-refractivity contribution is -0.153. The van der Waals surface area contributed by atoms with Gasteiger partial charge >= 0.3 is 12.1 Å². The van der Waals surface area contributed by atoms with Crippen LogP contribution in [-0.2, 0) is 15.7 Å². The zero-order chi connectivity index (χ0) is 20.2. The Labute approximate surface area is 155 Å². The number of ether oxygens (including phenoxy) is 1. The molecule has 0 aliphatic rings. The summed E-state index contributed by atoms with van der Waals surface area (Å²) in [6.07, 6.45) is -4.38. The van der Waals surface area contributed by atoms with Gasteiger partial charge in [0, 0.05) is 5.56 Å². The Morgan fingerprint density at radius 1 is 0.889 bits per heavy atom. The van der Waals surface area contributed by atoms with E-state index in [-0.39, 0.29) is 6.54 Å². The van der Waals surface area contributed by atoms with E-state index in [2.05, 4.69) is 5.32 Å². The third-order valence-corrected chi connectivity index (χ3v) is 3.51. The van der Waals surface area contributed by atoms with Gasteiger partial charge in [0.2, 0.25) is 0 Å². The minimum Gasteiger partial charge on any atom is -0.459 e. The van der Waals surface area contributed by atoms with Crippen LogP contribution in [0.3, 0.4) is 0 Å². The van der Waals surface area contributed by atoms with Crippen molar-refractivity contribution in [2.24, 2.45) is 0 Å². The summed E-state index contributed by atoms with van der Waals surface area (Å²) in [6, 6.07) is 11.1. The molecule has 0 atom stereocenters. The van der Waals surface area contributed by atoms with Crippen LogP contribution >= 0.6 is 0 Å². The summed E-state index contributed by atoms with van der Waals surface area (Å²) in [5, 5.41) is 2.47. The van der Waals surface area contributed by atoms with Gasteiger partial charge in [-0.15, -0.1) is 0 Å². The SMILES string of the molecule is CC(C)(C)OC(=O)CNC(=O)c1ccc(-c2ccc(C(F)(F)F)cc2)cc1. The van der Waals surface area contributed by atoms with Gasteiger partial charge < -0.3 is 10.1 Å². The van der Waals surface area contributed by atoms with E-state index in [0.29, 0.717) is 16.7 Å². The van der Waals surface area contributed by atoms with Crippen molar-refractivity contribution >= 4 is 11.9 Å². The molecule has 0 aliphatic carbocycles. The Bertz CT molecular complexity index is 804. The molecule has 2 aromatic carbocycles. The highest BCUT2D eigenvalue weighted by Crippen LogP contribution is 2.31. The Balaban J connectivity index is 2.00. The number of carbonyl (C=O) groups excluding carboxylic acids is 2. The van der Waals surface area contributed by atoms with E-state index in [1.54, 1.807) is 32.9 Å². The van der Waals surface area contributed by atoms with Crippen LogP contribution < -0.4 is 5.32 Å². The van der Waals surface area contributed by atoms with E-state index in [0.717, 1.165) is 12.1 Å². The smallest absolute Gasteiger partial charge is 0.416 e. The van der Waals surface area contributed by atoms with Crippen LogP contribution in [0.4, 0.5) is 13.2 Å². The summed E-state index contributed by atoms with van der Waals surface area (Å²) in [7, 11) is 0. The van der Waals surface area contributed by atoms with Crippen molar-refractivity contribution in [1.29, 1.82) is 0 Å². The Hall–Kier alpha value is -2.83. The summed E-state index contributed by atoms with van der Waals surface area (Å²) >= 11 is 0. The number of alkyl halides is 3. The Morgan fingerprint density at radius 3 is 1.81 bits per heavy atom. The summed E-state index contributed by atoms with van der Waals surface area (Å²) in [4.78, 5) is 23.7. The molecule has 0 spiro atoms. The van der Waals surface area contributed by atoms with Crippen LogP contribution in [0.25, 0.3) is 11.1 Å². The first kappa shape index (κ1) is 20.5. The molecular formula is C20H20F3NO3. The Morgan fingerprint density at radius 2 is 1.37 bits per heavy atom. The lowest BCUT2D eigenvalue weighted by atomic mass is 10.0. The number of nitrogens with one attached hydrogen (secondary N) is 1. The molecule has 0 aliphatic heterocycles. The highest BCUT2D eigenvalue weighted by atomic mass is 19.4. The number of hydrogen-bond acceptors (Lipinski definition) is 3. The van der Waals surface area contributed by atoms with Crippen molar-refractivity contribution in [3.05, 3.63) is 59.7 Å². The number of hydrogen-bond donors (Lipinski definition) is 1. The van der Waals surface area contributed by atoms with Gasteiger partial charge in [-0.2, -0.15) is 13.2 Å². The molecule has 7 heteroatoms. The third-order valence-electron chi connectivity index (χ3n) is 3.51. The predicted molar refractivity (Wildman–Crippen MR) is 95.1 cm³/mol. The average Bonchev–Trinajstić information content (AvgIpc) is 2.58. The van der Waals surface area contributed by atoms with Gasteiger partial charge in [0.25, 0.3) is 5.91 Å². The normalized spacial score (nSPS) is 11.8. The van der Waals surface area contributed by atoms with Gasteiger partial charge in [-0.1, -0.05) is 24.3 Å². The minimum absolute atomic E-state index is 0.253. The average molecular weight is 379 g/mol. The number of benzene rings is 2. The molecule has 2 rings (SSSR count). The molecule has 0 saturated carbocycles. The minimum atomic E-state index is -4.38. The zero-order valence-corrected chi connectivity index (χ0v) is 15.2. The molecule has 0 radical (unpaired) electrons. The first-order chi connectivity index (χ1) is 12.5. The maximum absolute atomic E-state index is 12.6. The summed E-state index contributed by atoms with van der Waals surface area (Å²) in [6.45, 7) is 4.93. The molecule has 0 aromatic heterocycles. The van der Waals surface area contributed by atoms with Gasteiger partial charge in [-0.3, -0.25) is 9.59 Å². The van der Waals surface area contributed by atoms with Crippen molar-refractivity contribution in [3.8, 4) is 11.1 Å². The van der Waals surface area contributed by atoms with Gasteiger partial charge in [0.1, 0.15) is 12.1 Å². The number of amides is 1. The van der Waals surface area contributed by atoms with E-state index in [9.17, 15) is 22.8 Å². The molecule has 1 amide bonds. The lowest BCUT2D eigenvalue weighted by Gasteiger charge is -2.19. The Kier molecular flexibility index (Phi) is 5.93. The van der Waals surface area contributed by atoms with Crippen LogP contribution in [0.2, 0.25) is 0 Å². The van der Waals surface area contributed by atoms with E-state index in [1.807, 2.05) is 0 Å². The fraction of sp³-hybridized carbons (Fsp3) is 0.300. The monoisotopic (exact) mass is 379 g/mol. The predicted octanol–water partition coefficient (Wildman–Crippen LogP) is 4.44. The molecule has 27 heavy (non-hydrogen) atoms. The standard InChI is InChI=1S/C20H20F3NO3/c1-19(2,3)27-17(25)12-24-18(26)15-6-4-13(5-7-15)14-8-10-16(11-9-14)20(21,22)23/h4-11H,12H2,1-3H3,(H,24,26). The fourth-order valence-corrected chi connectivity index (χ4v) is 2.30. The van der Waals surface area contributed by atoms with Crippen LogP contribution in [0.15, 0.2) is 48.5 Å². The van der Waals surface area contributed by atoms with Crippen molar-refractivity contribution in [3.63, 3.8) is 0 Å². The molecule has 0 fully saturated rings. The quantitative estimate of drug-likeness (QED) is 0.799.